The average molecular weight is 607 g/mol. The van der Waals surface area contributed by atoms with Crippen LogP contribution in [0.25, 0.3) is 44.9 Å². The molecule has 2 aromatic heterocycles. The van der Waals surface area contributed by atoms with Gasteiger partial charge in [-0.15, -0.1) is 5.10 Å². The fourth-order valence-corrected chi connectivity index (χ4v) is 6.44. The molecular weight excluding hydrogens is 580 g/mol. The first-order valence-electron chi connectivity index (χ1n) is 15.5. The van der Waals surface area contributed by atoms with E-state index in [1.165, 1.54) is 0 Å². The van der Waals surface area contributed by atoms with Crippen molar-refractivity contribution >= 4 is 22.2 Å². The Bertz CT molecular complexity index is 2290. The normalized spacial score (nSPS) is 16.5. The molecule has 2 aliphatic heterocycles. The quantitative estimate of drug-likeness (QED) is 0.197. The third kappa shape index (κ3) is 4.76. The number of fused-ring (bicyclic) bond motifs is 4. The summed E-state index contributed by atoms with van der Waals surface area (Å²) in [6.07, 6.45) is 1.44. The molecule has 0 bridgehead atoms. The number of rotatable bonds is 5. The monoisotopic (exact) mass is 606 g/mol. The molecule has 0 fully saturated rings. The Morgan fingerprint density at radius 1 is 0.489 bits per heavy atom. The van der Waals surface area contributed by atoms with Gasteiger partial charge in [0.05, 0.1) is 17.3 Å². The number of ether oxygens (including phenoxy) is 1. The van der Waals surface area contributed by atoms with Gasteiger partial charge in [0.1, 0.15) is 11.5 Å². The molecule has 0 radical (unpaired) electrons. The van der Waals surface area contributed by atoms with Crippen molar-refractivity contribution in [3.05, 3.63) is 163 Å². The third-order valence-electron chi connectivity index (χ3n) is 8.67. The minimum atomic E-state index is -0.381. The fraction of sp³-hybridized carbons (Fsp3) is 0.0500. The summed E-state index contributed by atoms with van der Waals surface area (Å²) in [4.78, 5) is 19.5. The van der Waals surface area contributed by atoms with Crippen LogP contribution in [-0.4, -0.2) is 37.5 Å². The maximum absolute atomic E-state index is 6.64. The SMILES string of the molecule is c1ccc(-c2nc(-c3ccccc3)nc(-c3cccc(C4=NN=C(c5nccc6ccccc56)C5Oc6ccccc6C45)c3)n2)cc1. The first kappa shape index (κ1) is 27.0. The summed E-state index contributed by atoms with van der Waals surface area (Å²) in [5.41, 5.74) is 7.04. The van der Waals surface area contributed by atoms with Crippen molar-refractivity contribution in [2.24, 2.45) is 10.2 Å². The van der Waals surface area contributed by atoms with E-state index in [4.69, 9.17) is 34.9 Å². The molecular formula is C40H26N6O. The maximum atomic E-state index is 6.64. The Morgan fingerprint density at radius 3 is 1.85 bits per heavy atom. The zero-order valence-electron chi connectivity index (χ0n) is 25.1. The predicted molar refractivity (Wildman–Crippen MR) is 185 cm³/mol. The zero-order valence-corrected chi connectivity index (χ0v) is 25.1. The number of nitrogens with zero attached hydrogens (tertiary/aromatic N) is 6. The minimum Gasteiger partial charge on any atom is -0.483 e. The molecule has 2 aliphatic rings. The van der Waals surface area contributed by atoms with Crippen molar-refractivity contribution in [1.29, 1.82) is 0 Å². The maximum Gasteiger partial charge on any atom is 0.164 e. The number of benzene rings is 5. The predicted octanol–water partition coefficient (Wildman–Crippen LogP) is 8.17. The smallest absolute Gasteiger partial charge is 0.164 e. The summed E-state index contributed by atoms with van der Waals surface area (Å²) in [5, 5.41) is 11.8. The lowest BCUT2D eigenvalue weighted by Gasteiger charge is -2.25. The lowest BCUT2D eigenvalue weighted by atomic mass is 9.83. The van der Waals surface area contributed by atoms with E-state index in [1.54, 1.807) is 0 Å². The van der Waals surface area contributed by atoms with Crippen LogP contribution < -0.4 is 4.74 Å². The Labute approximate surface area is 271 Å². The highest BCUT2D eigenvalue weighted by molar-refractivity contribution is 6.19. The van der Waals surface area contributed by atoms with Gasteiger partial charge in [-0.1, -0.05) is 121 Å². The molecule has 9 rings (SSSR count). The number of para-hydroxylation sites is 1. The highest BCUT2D eigenvalue weighted by atomic mass is 16.5. The Hall–Kier alpha value is -6.34. The molecule has 5 aromatic carbocycles. The Morgan fingerprint density at radius 2 is 1.09 bits per heavy atom. The molecule has 0 N–H and O–H groups in total. The summed E-state index contributed by atoms with van der Waals surface area (Å²) in [5.74, 6) is 2.47. The van der Waals surface area contributed by atoms with Crippen molar-refractivity contribution < 1.29 is 4.74 Å². The second kappa shape index (κ2) is 11.2. The number of hydrogen-bond acceptors (Lipinski definition) is 7. The van der Waals surface area contributed by atoms with Crippen LogP contribution in [0.3, 0.4) is 0 Å². The van der Waals surface area contributed by atoms with Gasteiger partial charge in [0, 0.05) is 33.8 Å². The standard InChI is InChI=1S/C40H26N6O/c1-3-13-26(14-4-1)38-42-39(27-15-5-2-6-16-27)44-40(43-38)29-18-11-17-28(24-29)34-33-31-20-9-10-21-32(31)47-37(33)36(46-45-34)35-30-19-8-7-12-25(30)22-23-41-35/h1-24,33,37H. The van der Waals surface area contributed by atoms with Gasteiger partial charge in [0.25, 0.3) is 0 Å². The van der Waals surface area contributed by atoms with Gasteiger partial charge in [-0.05, 0) is 29.1 Å². The zero-order chi connectivity index (χ0) is 31.2. The summed E-state index contributed by atoms with van der Waals surface area (Å²) < 4.78 is 6.64. The third-order valence-corrected chi connectivity index (χ3v) is 8.67. The summed E-state index contributed by atoms with van der Waals surface area (Å²) in [6.45, 7) is 0. The molecule has 47 heavy (non-hydrogen) atoms. The summed E-state index contributed by atoms with van der Waals surface area (Å²) in [6, 6.07) is 46.6. The van der Waals surface area contributed by atoms with E-state index in [9.17, 15) is 0 Å². The lowest BCUT2D eigenvalue weighted by molar-refractivity contribution is 0.291. The first-order valence-corrected chi connectivity index (χ1v) is 15.5. The van der Waals surface area contributed by atoms with Gasteiger partial charge in [-0.2, -0.15) is 5.10 Å². The van der Waals surface area contributed by atoms with E-state index in [1.807, 2.05) is 115 Å². The Kier molecular flexibility index (Phi) is 6.45. The molecule has 2 atom stereocenters. The first-order chi connectivity index (χ1) is 23.3. The van der Waals surface area contributed by atoms with E-state index >= 15 is 0 Å². The van der Waals surface area contributed by atoms with E-state index < -0.39 is 0 Å². The van der Waals surface area contributed by atoms with Crippen molar-refractivity contribution in [3.8, 4) is 39.9 Å². The topological polar surface area (TPSA) is 85.5 Å². The fourth-order valence-electron chi connectivity index (χ4n) is 6.44. The summed E-state index contributed by atoms with van der Waals surface area (Å²) >= 11 is 0. The van der Waals surface area contributed by atoms with Crippen LogP contribution in [0.15, 0.2) is 156 Å². The molecule has 0 aliphatic carbocycles. The molecule has 222 valence electrons. The van der Waals surface area contributed by atoms with Crippen LogP contribution in [0.1, 0.15) is 22.7 Å². The van der Waals surface area contributed by atoms with Gasteiger partial charge in [0.2, 0.25) is 0 Å². The molecule has 0 amide bonds. The highest BCUT2D eigenvalue weighted by Crippen LogP contribution is 2.44. The molecule has 0 saturated heterocycles. The van der Waals surface area contributed by atoms with E-state index in [-0.39, 0.29) is 12.0 Å². The largest absolute Gasteiger partial charge is 0.483 e. The van der Waals surface area contributed by atoms with E-state index in [0.29, 0.717) is 17.5 Å². The molecule has 7 nitrogen and oxygen atoms in total. The molecule has 7 heteroatoms. The van der Waals surface area contributed by atoms with Crippen molar-refractivity contribution in [2.75, 3.05) is 0 Å². The highest BCUT2D eigenvalue weighted by Gasteiger charge is 2.44. The van der Waals surface area contributed by atoms with Crippen molar-refractivity contribution in [2.45, 2.75) is 12.0 Å². The van der Waals surface area contributed by atoms with Crippen LogP contribution in [-0.2, 0) is 0 Å². The van der Waals surface area contributed by atoms with Gasteiger partial charge >= 0.3 is 0 Å². The average Bonchev–Trinajstić information content (AvgIpc) is 3.55. The van der Waals surface area contributed by atoms with Crippen LogP contribution >= 0.6 is 0 Å². The molecule has 0 spiro atoms. The van der Waals surface area contributed by atoms with Gasteiger partial charge in [-0.25, -0.2) is 15.0 Å². The van der Waals surface area contributed by atoms with Crippen LogP contribution in [0.2, 0.25) is 0 Å². The van der Waals surface area contributed by atoms with Crippen molar-refractivity contribution in [1.82, 2.24) is 19.9 Å². The van der Waals surface area contributed by atoms with E-state index in [0.717, 1.165) is 61.5 Å². The molecule has 2 unspecified atom stereocenters. The molecule has 0 saturated carbocycles. The Balaban J connectivity index is 1.19. The number of hydrogen-bond donors (Lipinski definition) is 0. The number of pyridine rings is 1. The van der Waals surface area contributed by atoms with Crippen LogP contribution in [0, 0.1) is 0 Å². The van der Waals surface area contributed by atoms with E-state index in [2.05, 4.69) is 30.3 Å². The lowest BCUT2D eigenvalue weighted by Crippen LogP contribution is -2.37. The van der Waals surface area contributed by atoms with Crippen molar-refractivity contribution in [3.63, 3.8) is 0 Å². The van der Waals surface area contributed by atoms with Gasteiger partial charge < -0.3 is 4.74 Å². The molecule has 7 aromatic rings. The van der Waals surface area contributed by atoms with Gasteiger partial charge in [0.15, 0.2) is 23.6 Å². The second-order valence-corrected chi connectivity index (χ2v) is 11.5. The molecule has 4 heterocycles. The van der Waals surface area contributed by atoms with Crippen LogP contribution in [0.4, 0.5) is 0 Å². The summed E-state index contributed by atoms with van der Waals surface area (Å²) in [7, 11) is 0. The van der Waals surface area contributed by atoms with Gasteiger partial charge in [-0.3, -0.25) is 4.98 Å². The number of aromatic nitrogens is 4. The minimum absolute atomic E-state index is 0.173. The van der Waals surface area contributed by atoms with Crippen LogP contribution in [0.5, 0.6) is 5.75 Å². The second-order valence-electron chi connectivity index (χ2n) is 11.5.